The van der Waals surface area contributed by atoms with Crippen molar-refractivity contribution in [1.82, 2.24) is 9.97 Å². The van der Waals surface area contributed by atoms with Gasteiger partial charge in [0.1, 0.15) is 17.5 Å². The van der Waals surface area contributed by atoms with Crippen molar-refractivity contribution in [2.24, 2.45) is 0 Å². The number of hydrogen-bond donors (Lipinski definition) is 3. The Balaban J connectivity index is 2.36. The zero-order valence-corrected chi connectivity index (χ0v) is 10.7. The molecule has 1 aromatic rings. The molecule has 0 unspecified atom stereocenters. The van der Waals surface area contributed by atoms with Gasteiger partial charge in [-0.05, 0) is 26.7 Å². The second-order valence-corrected chi connectivity index (χ2v) is 4.19. The van der Waals surface area contributed by atoms with Crippen LogP contribution in [0.4, 0.5) is 11.6 Å². The predicted molar refractivity (Wildman–Crippen MR) is 70.0 cm³/mol. The van der Waals surface area contributed by atoms with E-state index in [1.807, 2.05) is 13.8 Å². The van der Waals surface area contributed by atoms with E-state index in [1.165, 1.54) is 0 Å². The van der Waals surface area contributed by atoms with Crippen molar-refractivity contribution in [2.45, 2.75) is 39.5 Å². The molecule has 0 saturated carbocycles. The number of aliphatic hydroxyl groups excluding tert-OH is 1. The number of aliphatic hydroxyl groups is 1. The highest BCUT2D eigenvalue weighted by Crippen LogP contribution is 2.16. The van der Waals surface area contributed by atoms with E-state index in [9.17, 15) is 0 Å². The molecule has 0 atom stereocenters. The fraction of sp³-hybridized carbons (Fsp3) is 0.667. The first kappa shape index (κ1) is 13.7. The summed E-state index contributed by atoms with van der Waals surface area (Å²) in [6.07, 6.45) is 4.15. The summed E-state index contributed by atoms with van der Waals surface area (Å²) >= 11 is 0. The number of nitrogens with two attached hydrogens (primary N) is 1. The maximum atomic E-state index is 8.65. The minimum atomic E-state index is 0.286. The van der Waals surface area contributed by atoms with Crippen LogP contribution in [0, 0.1) is 13.8 Å². The summed E-state index contributed by atoms with van der Waals surface area (Å²) in [5.41, 5.74) is 6.68. The average molecular weight is 238 g/mol. The molecule has 0 aliphatic heterocycles. The summed E-state index contributed by atoms with van der Waals surface area (Å²) in [7, 11) is 0. The summed E-state index contributed by atoms with van der Waals surface area (Å²) in [4.78, 5) is 8.43. The first-order valence-electron chi connectivity index (χ1n) is 6.10. The predicted octanol–water partition coefficient (Wildman–Crippen LogP) is 1.64. The highest BCUT2D eigenvalue weighted by atomic mass is 16.2. The molecule has 0 radical (unpaired) electrons. The van der Waals surface area contributed by atoms with E-state index in [2.05, 4.69) is 15.3 Å². The zero-order chi connectivity index (χ0) is 12.7. The van der Waals surface area contributed by atoms with Crippen LogP contribution in [0.3, 0.4) is 0 Å². The van der Waals surface area contributed by atoms with E-state index in [0.29, 0.717) is 11.6 Å². The third kappa shape index (κ3) is 4.56. The van der Waals surface area contributed by atoms with Crippen LogP contribution < -0.4 is 11.1 Å². The largest absolute Gasteiger partial charge is 0.396 e. The molecular weight excluding hydrogens is 216 g/mol. The van der Waals surface area contributed by atoms with Gasteiger partial charge in [-0.25, -0.2) is 9.97 Å². The molecule has 0 aromatic carbocycles. The highest BCUT2D eigenvalue weighted by molar-refractivity contribution is 5.54. The lowest BCUT2D eigenvalue weighted by Gasteiger charge is -2.10. The highest BCUT2D eigenvalue weighted by Gasteiger charge is 2.05. The number of aromatic nitrogens is 2. The molecule has 17 heavy (non-hydrogen) atoms. The van der Waals surface area contributed by atoms with Gasteiger partial charge < -0.3 is 16.2 Å². The van der Waals surface area contributed by atoms with Gasteiger partial charge in [-0.3, -0.25) is 0 Å². The average Bonchev–Trinajstić information content (AvgIpc) is 2.29. The van der Waals surface area contributed by atoms with Crippen LogP contribution in [0.25, 0.3) is 0 Å². The monoisotopic (exact) mass is 238 g/mol. The molecule has 1 aromatic heterocycles. The van der Waals surface area contributed by atoms with Crippen molar-refractivity contribution in [3.8, 4) is 0 Å². The molecule has 5 nitrogen and oxygen atoms in total. The molecule has 0 fully saturated rings. The summed E-state index contributed by atoms with van der Waals surface area (Å²) in [5.74, 6) is 2.06. The topological polar surface area (TPSA) is 84.1 Å². The quantitative estimate of drug-likeness (QED) is 0.629. The summed E-state index contributed by atoms with van der Waals surface area (Å²) in [5, 5.41) is 11.9. The van der Waals surface area contributed by atoms with Gasteiger partial charge in [0.05, 0.1) is 0 Å². The Morgan fingerprint density at radius 3 is 2.53 bits per heavy atom. The molecule has 0 aliphatic rings. The van der Waals surface area contributed by atoms with Gasteiger partial charge in [-0.1, -0.05) is 12.8 Å². The molecule has 0 bridgehead atoms. The first-order chi connectivity index (χ1) is 8.15. The van der Waals surface area contributed by atoms with Crippen LogP contribution in [0.1, 0.15) is 37.1 Å². The fourth-order valence-corrected chi connectivity index (χ4v) is 1.62. The fourth-order valence-electron chi connectivity index (χ4n) is 1.62. The van der Waals surface area contributed by atoms with Crippen LogP contribution in [-0.4, -0.2) is 28.2 Å². The summed E-state index contributed by atoms with van der Waals surface area (Å²) < 4.78 is 0. The standard InChI is InChI=1S/C12H22N4O/c1-9-11(13)15-10(2)16-12(9)14-7-5-3-4-6-8-17/h17H,3-8H2,1-2H3,(H3,13,14,15,16). The van der Waals surface area contributed by atoms with Gasteiger partial charge in [0.25, 0.3) is 0 Å². The van der Waals surface area contributed by atoms with Crippen molar-refractivity contribution < 1.29 is 5.11 Å². The Hall–Kier alpha value is -1.36. The lowest BCUT2D eigenvalue weighted by Crippen LogP contribution is -2.09. The number of nitrogens with one attached hydrogen (secondary N) is 1. The number of hydrogen-bond acceptors (Lipinski definition) is 5. The Morgan fingerprint density at radius 2 is 1.82 bits per heavy atom. The van der Waals surface area contributed by atoms with E-state index >= 15 is 0 Å². The van der Waals surface area contributed by atoms with Crippen molar-refractivity contribution in [1.29, 1.82) is 0 Å². The van der Waals surface area contributed by atoms with Crippen molar-refractivity contribution in [2.75, 3.05) is 24.2 Å². The Kier molecular flexibility index (Phi) is 5.69. The van der Waals surface area contributed by atoms with Crippen molar-refractivity contribution >= 4 is 11.6 Å². The Labute approximate surface area is 102 Å². The van der Waals surface area contributed by atoms with Crippen LogP contribution in [0.15, 0.2) is 0 Å². The van der Waals surface area contributed by atoms with E-state index in [0.717, 1.165) is 43.6 Å². The lowest BCUT2D eigenvalue weighted by atomic mass is 10.2. The van der Waals surface area contributed by atoms with E-state index in [4.69, 9.17) is 10.8 Å². The van der Waals surface area contributed by atoms with Crippen LogP contribution >= 0.6 is 0 Å². The van der Waals surface area contributed by atoms with E-state index in [-0.39, 0.29) is 6.61 Å². The van der Waals surface area contributed by atoms with E-state index in [1.54, 1.807) is 0 Å². The molecular formula is C12H22N4O. The minimum absolute atomic E-state index is 0.286. The lowest BCUT2D eigenvalue weighted by molar-refractivity contribution is 0.283. The normalized spacial score (nSPS) is 10.5. The van der Waals surface area contributed by atoms with E-state index < -0.39 is 0 Å². The third-order valence-electron chi connectivity index (χ3n) is 2.67. The maximum absolute atomic E-state index is 8.65. The number of nitrogens with zero attached hydrogens (tertiary/aromatic N) is 2. The van der Waals surface area contributed by atoms with Crippen molar-refractivity contribution in [3.05, 3.63) is 11.4 Å². The second kappa shape index (κ2) is 7.06. The number of rotatable bonds is 7. The van der Waals surface area contributed by atoms with Gasteiger partial charge in [-0.15, -0.1) is 0 Å². The van der Waals surface area contributed by atoms with Crippen LogP contribution in [-0.2, 0) is 0 Å². The zero-order valence-electron chi connectivity index (χ0n) is 10.7. The van der Waals surface area contributed by atoms with Gasteiger partial charge in [0, 0.05) is 18.7 Å². The third-order valence-corrected chi connectivity index (χ3v) is 2.67. The number of anilines is 2. The molecule has 0 saturated heterocycles. The summed E-state index contributed by atoms with van der Waals surface area (Å²) in [6, 6.07) is 0. The number of unbranched alkanes of at least 4 members (excludes halogenated alkanes) is 3. The Bertz CT molecular complexity index is 355. The molecule has 96 valence electrons. The maximum Gasteiger partial charge on any atom is 0.134 e. The molecule has 1 heterocycles. The molecule has 0 spiro atoms. The second-order valence-electron chi connectivity index (χ2n) is 4.19. The van der Waals surface area contributed by atoms with Crippen LogP contribution in [0.2, 0.25) is 0 Å². The molecule has 4 N–H and O–H groups in total. The van der Waals surface area contributed by atoms with Gasteiger partial charge in [-0.2, -0.15) is 0 Å². The smallest absolute Gasteiger partial charge is 0.134 e. The molecule has 1 rings (SSSR count). The summed E-state index contributed by atoms with van der Waals surface area (Å²) in [6.45, 7) is 4.92. The van der Waals surface area contributed by atoms with Gasteiger partial charge in [0.15, 0.2) is 0 Å². The van der Waals surface area contributed by atoms with Crippen LogP contribution in [0.5, 0.6) is 0 Å². The van der Waals surface area contributed by atoms with Gasteiger partial charge in [0.2, 0.25) is 0 Å². The number of aryl methyl sites for hydroxylation is 1. The van der Waals surface area contributed by atoms with Gasteiger partial charge >= 0.3 is 0 Å². The molecule has 0 aliphatic carbocycles. The molecule has 5 heteroatoms. The SMILES string of the molecule is Cc1nc(N)c(C)c(NCCCCCCO)n1. The number of nitrogen functional groups attached to an aromatic ring is 1. The minimum Gasteiger partial charge on any atom is -0.396 e. The molecule has 0 amide bonds. The Morgan fingerprint density at radius 1 is 1.12 bits per heavy atom. The van der Waals surface area contributed by atoms with Crippen molar-refractivity contribution in [3.63, 3.8) is 0 Å². The first-order valence-corrected chi connectivity index (χ1v) is 6.10.